The van der Waals surface area contributed by atoms with Crippen LogP contribution in [0.15, 0.2) is 158 Å². The SMILES string of the molecule is CC(C)(C)c1cc(N(c2ccccc2)c2ccccc2)c2c(c1)c1cc3ccccc3c3c4nc5c(cc4n2c13)c1cc(C(C)(C)C)cc2c3cc4ccccc4cc3n5c21. The maximum atomic E-state index is 5.91. The van der Waals surface area contributed by atoms with Gasteiger partial charge < -0.3 is 9.30 Å². The van der Waals surface area contributed by atoms with Gasteiger partial charge in [-0.25, -0.2) is 4.98 Å². The van der Waals surface area contributed by atoms with E-state index in [2.05, 4.69) is 213 Å². The van der Waals surface area contributed by atoms with Crippen LogP contribution < -0.4 is 4.90 Å². The first kappa shape index (κ1) is 34.7. The van der Waals surface area contributed by atoms with Crippen molar-refractivity contribution < 1.29 is 0 Å². The third-order valence-electron chi connectivity index (χ3n) is 13.5. The number of pyridine rings is 1. The van der Waals surface area contributed by atoms with Gasteiger partial charge in [0.1, 0.15) is 5.65 Å². The third kappa shape index (κ3) is 4.68. The molecule has 0 atom stereocenters. The highest BCUT2D eigenvalue weighted by Crippen LogP contribution is 2.50. The van der Waals surface area contributed by atoms with Crippen LogP contribution in [0.25, 0.3) is 98.0 Å². The number of aromatic nitrogens is 3. The molecule has 0 aliphatic carbocycles. The number of benzene rings is 8. The predicted octanol–water partition coefficient (Wildman–Crippen LogP) is 15.8. The Morgan fingerprint density at radius 3 is 1.59 bits per heavy atom. The van der Waals surface area contributed by atoms with Crippen LogP contribution in [0.3, 0.4) is 0 Å². The van der Waals surface area contributed by atoms with Crippen molar-refractivity contribution in [3.05, 3.63) is 169 Å². The molecule has 0 unspecified atom stereocenters. The summed E-state index contributed by atoms with van der Waals surface area (Å²) in [5.41, 5.74) is 13.9. The van der Waals surface area contributed by atoms with E-state index < -0.39 is 0 Å². The zero-order valence-electron chi connectivity index (χ0n) is 35.3. The smallest absolute Gasteiger partial charge is 0.146 e. The monoisotopic (exact) mass is 784 g/mol. The van der Waals surface area contributed by atoms with E-state index in [-0.39, 0.29) is 10.8 Å². The molecule has 0 saturated heterocycles. The third-order valence-corrected chi connectivity index (χ3v) is 13.5. The van der Waals surface area contributed by atoms with E-state index in [0.29, 0.717) is 0 Å². The lowest BCUT2D eigenvalue weighted by atomic mass is 9.85. The van der Waals surface area contributed by atoms with Gasteiger partial charge in [0, 0.05) is 49.1 Å². The molecule has 0 aliphatic heterocycles. The second kappa shape index (κ2) is 11.8. The highest BCUT2D eigenvalue weighted by Gasteiger charge is 2.30. The number of hydrogen-bond acceptors (Lipinski definition) is 2. The van der Waals surface area contributed by atoms with Gasteiger partial charge in [-0.3, -0.25) is 4.40 Å². The summed E-state index contributed by atoms with van der Waals surface area (Å²) in [6.07, 6.45) is 0. The normalized spacial score (nSPS) is 13.1. The molecule has 5 aromatic heterocycles. The number of para-hydroxylation sites is 2. The fraction of sp³-hybridized carbons (Fsp3) is 0.140. The zero-order chi connectivity index (χ0) is 41.1. The second-order valence-corrected chi connectivity index (χ2v) is 19.3. The lowest BCUT2D eigenvalue weighted by molar-refractivity contribution is 0.591. The van der Waals surface area contributed by atoms with Gasteiger partial charge in [-0.15, -0.1) is 0 Å². The summed E-state index contributed by atoms with van der Waals surface area (Å²) in [4.78, 5) is 8.37. The molecule has 13 rings (SSSR count). The first-order valence-corrected chi connectivity index (χ1v) is 21.6. The topological polar surface area (TPSA) is 25.0 Å². The second-order valence-electron chi connectivity index (χ2n) is 19.3. The molecule has 4 heteroatoms. The van der Waals surface area contributed by atoms with E-state index in [1.807, 2.05) is 0 Å². The summed E-state index contributed by atoms with van der Waals surface area (Å²) in [5, 5.41) is 13.7. The number of rotatable bonds is 3. The van der Waals surface area contributed by atoms with Gasteiger partial charge in [-0.1, -0.05) is 126 Å². The van der Waals surface area contributed by atoms with Crippen LogP contribution >= 0.6 is 0 Å². The molecule has 61 heavy (non-hydrogen) atoms. The maximum absolute atomic E-state index is 5.91. The highest BCUT2D eigenvalue weighted by atomic mass is 15.2. The highest BCUT2D eigenvalue weighted by molar-refractivity contribution is 6.33. The van der Waals surface area contributed by atoms with Crippen LogP contribution in [-0.4, -0.2) is 13.8 Å². The molecular formula is C57H44N4. The van der Waals surface area contributed by atoms with Gasteiger partial charge in [0.2, 0.25) is 0 Å². The van der Waals surface area contributed by atoms with Gasteiger partial charge in [0.05, 0.1) is 38.8 Å². The maximum Gasteiger partial charge on any atom is 0.146 e. The van der Waals surface area contributed by atoms with Crippen molar-refractivity contribution in [1.29, 1.82) is 0 Å². The molecule has 0 spiro atoms. The lowest BCUT2D eigenvalue weighted by Crippen LogP contribution is -2.15. The molecule has 4 nitrogen and oxygen atoms in total. The number of anilines is 3. The summed E-state index contributed by atoms with van der Waals surface area (Å²) < 4.78 is 5.04. The van der Waals surface area contributed by atoms with Crippen LogP contribution in [0.5, 0.6) is 0 Å². The standard InChI is InChI=1S/C57H44N4/c1-56(2,3)36-28-43-41-25-33-17-13-14-18-34(33)27-47(41)61-52(43)45(29-36)46-32-48-51(58-55(46)61)50-40-24-16-15-19-35(40)26-42-44-30-37(57(4,5)6)31-49(53(44)60(48)54(42)50)59(38-20-9-7-10-21-38)39-22-11-8-12-23-39/h7-32H,1-6H3. The molecule has 5 heterocycles. The van der Waals surface area contributed by atoms with Crippen molar-refractivity contribution in [2.45, 2.75) is 52.4 Å². The predicted molar refractivity (Wildman–Crippen MR) is 261 cm³/mol. The van der Waals surface area contributed by atoms with Gasteiger partial charge in [-0.2, -0.15) is 0 Å². The minimum atomic E-state index is -0.0918. The minimum Gasteiger partial charge on any atom is -0.308 e. The fourth-order valence-electron chi connectivity index (χ4n) is 10.5. The Balaban J connectivity index is 1.28. The average Bonchev–Trinajstić information content (AvgIpc) is 3.97. The lowest BCUT2D eigenvalue weighted by Gasteiger charge is -2.29. The molecule has 0 radical (unpaired) electrons. The molecule has 0 N–H and O–H groups in total. The van der Waals surface area contributed by atoms with Crippen molar-refractivity contribution in [2.75, 3.05) is 4.90 Å². The summed E-state index contributed by atoms with van der Waals surface area (Å²) in [7, 11) is 0. The van der Waals surface area contributed by atoms with E-state index in [9.17, 15) is 0 Å². The summed E-state index contributed by atoms with van der Waals surface area (Å²) >= 11 is 0. The Hall–Kier alpha value is -7.17. The zero-order valence-corrected chi connectivity index (χ0v) is 35.3. The number of fused-ring (bicyclic) bond motifs is 15. The van der Waals surface area contributed by atoms with Gasteiger partial charge in [0.15, 0.2) is 0 Å². The quantitative estimate of drug-likeness (QED) is 0.178. The average molecular weight is 785 g/mol. The van der Waals surface area contributed by atoms with Crippen molar-refractivity contribution >= 4 is 115 Å². The van der Waals surface area contributed by atoms with Gasteiger partial charge in [-0.05, 0) is 116 Å². The molecule has 13 aromatic rings. The van der Waals surface area contributed by atoms with E-state index in [1.54, 1.807) is 0 Å². The van der Waals surface area contributed by atoms with Gasteiger partial charge in [0.25, 0.3) is 0 Å². The molecule has 8 aromatic carbocycles. The summed E-state index contributed by atoms with van der Waals surface area (Å²) in [6.45, 7) is 14.0. The van der Waals surface area contributed by atoms with Crippen LogP contribution in [-0.2, 0) is 10.8 Å². The van der Waals surface area contributed by atoms with Crippen LogP contribution in [0.2, 0.25) is 0 Å². The molecule has 292 valence electrons. The van der Waals surface area contributed by atoms with Crippen molar-refractivity contribution in [3.8, 4) is 0 Å². The van der Waals surface area contributed by atoms with Crippen LogP contribution in [0, 0.1) is 0 Å². The van der Waals surface area contributed by atoms with Crippen LogP contribution in [0.4, 0.5) is 17.1 Å². The fourth-order valence-corrected chi connectivity index (χ4v) is 10.5. The molecule has 0 aliphatic rings. The van der Waals surface area contributed by atoms with E-state index in [1.165, 1.54) is 92.4 Å². The molecule has 0 saturated carbocycles. The van der Waals surface area contributed by atoms with E-state index in [4.69, 9.17) is 4.98 Å². The summed E-state index contributed by atoms with van der Waals surface area (Å²) in [5.74, 6) is 0. The Morgan fingerprint density at radius 1 is 0.410 bits per heavy atom. The first-order chi connectivity index (χ1) is 29.5. The Morgan fingerprint density at radius 2 is 0.934 bits per heavy atom. The largest absolute Gasteiger partial charge is 0.308 e. The summed E-state index contributed by atoms with van der Waals surface area (Å²) in [6, 6.07) is 58.8. The van der Waals surface area contributed by atoms with E-state index >= 15 is 0 Å². The van der Waals surface area contributed by atoms with Crippen molar-refractivity contribution in [1.82, 2.24) is 13.8 Å². The molecule has 0 bridgehead atoms. The van der Waals surface area contributed by atoms with Crippen LogP contribution in [0.1, 0.15) is 52.7 Å². The Labute approximate surface area is 353 Å². The minimum absolute atomic E-state index is 0.0428. The van der Waals surface area contributed by atoms with Crippen molar-refractivity contribution in [3.63, 3.8) is 0 Å². The van der Waals surface area contributed by atoms with Gasteiger partial charge >= 0.3 is 0 Å². The Kier molecular flexibility index (Phi) is 6.69. The van der Waals surface area contributed by atoms with E-state index in [0.717, 1.165) is 33.7 Å². The van der Waals surface area contributed by atoms with Crippen molar-refractivity contribution in [2.24, 2.45) is 0 Å². The molecule has 0 fully saturated rings. The number of nitrogens with zero attached hydrogens (tertiary/aromatic N) is 4. The molecular weight excluding hydrogens is 741 g/mol. The number of hydrogen-bond donors (Lipinski definition) is 0. The molecule has 0 amide bonds. The Bertz CT molecular complexity index is 3890. The first-order valence-electron chi connectivity index (χ1n) is 21.6.